The summed E-state index contributed by atoms with van der Waals surface area (Å²) in [6.07, 6.45) is 2.34. The molecule has 25 heavy (non-hydrogen) atoms. The maximum Gasteiger partial charge on any atom is 0.289 e. The van der Waals surface area contributed by atoms with Crippen LogP contribution in [0.5, 0.6) is 0 Å². The molecule has 1 saturated heterocycles. The monoisotopic (exact) mass is 352 g/mol. The van der Waals surface area contributed by atoms with Crippen molar-refractivity contribution in [3.8, 4) is 0 Å². The molecule has 1 aromatic rings. The highest BCUT2D eigenvalue weighted by Crippen LogP contribution is 2.25. The highest BCUT2D eigenvalue weighted by molar-refractivity contribution is 5.91. The molecule has 0 aromatic carbocycles. The summed E-state index contributed by atoms with van der Waals surface area (Å²) >= 11 is 0. The summed E-state index contributed by atoms with van der Waals surface area (Å²) < 4.78 is 5.86. The van der Waals surface area contributed by atoms with Gasteiger partial charge in [-0.3, -0.25) is 9.69 Å². The zero-order chi connectivity index (χ0) is 18.4. The summed E-state index contributed by atoms with van der Waals surface area (Å²) in [7, 11) is 0. The first-order valence-electron chi connectivity index (χ1n) is 9.42. The third-order valence-corrected chi connectivity index (χ3v) is 5.22. The van der Waals surface area contributed by atoms with E-state index in [1.807, 2.05) is 13.0 Å². The van der Waals surface area contributed by atoms with Crippen LogP contribution in [-0.2, 0) is 13.0 Å². The topological polar surface area (TPSA) is 77.2 Å². The Balaban J connectivity index is 2.12. The maximum atomic E-state index is 12.8. The van der Waals surface area contributed by atoms with Crippen LogP contribution in [-0.4, -0.2) is 64.3 Å². The van der Waals surface area contributed by atoms with Gasteiger partial charge in [-0.25, -0.2) is 0 Å². The molecule has 1 aliphatic heterocycles. The largest absolute Gasteiger partial charge is 0.456 e. The molecule has 1 atom stereocenters. The molecule has 1 aliphatic rings. The molecule has 1 aromatic heterocycles. The van der Waals surface area contributed by atoms with Crippen molar-refractivity contribution in [2.75, 3.05) is 32.8 Å². The third kappa shape index (κ3) is 4.84. The number of amides is 1. The minimum Gasteiger partial charge on any atom is -0.456 e. The molecule has 0 unspecified atom stereocenters. The number of furan rings is 1. The molecule has 6 nitrogen and oxygen atoms in total. The van der Waals surface area contributed by atoms with Crippen LogP contribution in [0.15, 0.2) is 10.5 Å². The number of carbonyl (C=O) groups excluding carboxylic acids is 1. The molecule has 2 N–H and O–H groups in total. The number of aryl methyl sites for hydroxylation is 1. The fourth-order valence-electron chi connectivity index (χ4n) is 3.39. The Bertz CT molecular complexity index is 568. The Morgan fingerprint density at radius 2 is 2.00 bits per heavy atom. The van der Waals surface area contributed by atoms with Crippen molar-refractivity contribution in [2.45, 2.75) is 58.6 Å². The molecule has 0 aliphatic carbocycles. The molecular weight excluding hydrogens is 320 g/mol. The summed E-state index contributed by atoms with van der Waals surface area (Å²) in [5.41, 5.74) is 0.0111. The first-order chi connectivity index (χ1) is 12.0. The number of carbonyl (C=O) groups is 1. The molecular formula is C19H32N2O4. The van der Waals surface area contributed by atoms with Gasteiger partial charge in [0, 0.05) is 31.6 Å². The van der Waals surface area contributed by atoms with Crippen molar-refractivity contribution >= 4 is 5.91 Å². The van der Waals surface area contributed by atoms with Crippen molar-refractivity contribution in [1.82, 2.24) is 9.80 Å². The van der Waals surface area contributed by atoms with Crippen LogP contribution in [0.25, 0.3) is 0 Å². The van der Waals surface area contributed by atoms with Crippen molar-refractivity contribution in [2.24, 2.45) is 0 Å². The van der Waals surface area contributed by atoms with Gasteiger partial charge in [0.2, 0.25) is 0 Å². The molecule has 6 heteroatoms. The quantitative estimate of drug-likeness (QED) is 0.785. The fourth-order valence-corrected chi connectivity index (χ4v) is 3.39. The predicted molar refractivity (Wildman–Crippen MR) is 96.5 cm³/mol. The van der Waals surface area contributed by atoms with Crippen LogP contribution in [0.4, 0.5) is 0 Å². The standard InChI is InChI=1S/C19H32N2O4/c1-4-16-15(13-20(5-2)6-3)12-17(25-16)18(23)21-10-7-8-19(24,14-22)9-11-21/h12,22,24H,4-11,13-14H2,1-3H3/t19-/m1/s1. The van der Waals surface area contributed by atoms with Gasteiger partial charge in [-0.1, -0.05) is 20.8 Å². The second-order valence-electron chi connectivity index (χ2n) is 6.90. The van der Waals surface area contributed by atoms with Gasteiger partial charge in [-0.2, -0.15) is 0 Å². The zero-order valence-electron chi connectivity index (χ0n) is 15.8. The van der Waals surface area contributed by atoms with Crippen LogP contribution in [0.2, 0.25) is 0 Å². The molecule has 0 saturated carbocycles. The summed E-state index contributed by atoms with van der Waals surface area (Å²) in [6, 6.07) is 1.88. The minimum atomic E-state index is -1.07. The van der Waals surface area contributed by atoms with E-state index in [0.29, 0.717) is 38.1 Å². The van der Waals surface area contributed by atoms with Gasteiger partial charge in [-0.05, 0) is 38.4 Å². The lowest BCUT2D eigenvalue weighted by Gasteiger charge is -2.24. The third-order valence-electron chi connectivity index (χ3n) is 5.22. The molecule has 0 bridgehead atoms. The zero-order valence-corrected chi connectivity index (χ0v) is 15.8. The Labute approximate surface area is 150 Å². The lowest BCUT2D eigenvalue weighted by atomic mass is 9.96. The Kier molecular flexibility index (Phi) is 7.04. The molecule has 2 rings (SSSR count). The molecule has 142 valence electrons. The van der Waals surface area contributed by atoms with Crippen molar-refractivity contribution < 1.29 is 19.4 Å². The SMILES string of the molecule is CCc1oc(C(=O)N2CCC[C@](O)(CO)CC2)cc1CN(CC)CC. The lowest BCUT2D eigenvalue weighted by Crippen LogP contribution is -2.36. The van der Waals surface area contributed by atoms with Crippen LogP contribution >= 0.6 is 0 Å². The number of hydrogen-bond acceptors (Lipinski definition) is 5. The number of aliphatic hydroxyl groups excluding tert-OH is 1. The molecule has 1 amide bonds. The number of likely N-dealkylation sites (tertiary alicyclic amines) is 1. The highest BCUT2D eigenvalue weighted by atomic mass is 16.4. The minimum absolute atomic E-state index is 0.123. The van der Waals surface area contributed by atoms with Crippen LogP contribution in [0.1, 0.15) is 61.9 Å². The van der Waals surface area contributed by atoms with Gasteiger partial charge < -0.3 is 19.5 Å². The van der Waals surface area contributed by atoms with Gasteiger partial charge in [0.1, 0.15) is 5.76 Å². The Morgan fingerprint density at radius 3 is 2.60 bits per heavy atom. The number of nitrogens with zero attached hydrogens (tertiary/aromatic N) is 2. The van der Waals surface area contributed by atoms with Gasteiger partial charge in [0.05, 0.1) is 12.2 Å². The van der Waals surface area contributed by atoms with Crippen LogP contribution in [0, 0.1) is 0 Å². The van der Waals surface area contributed by atoms with E-state index in [1.54, 1.807) is 4.90 Å². The van der Waals surface area contributed by atoms with Crippen LogP contribution < -0.4 is 0 Å². The van der Waals surface area contributed by atoms with E-state index in [-0.39, 0.29) is 12.5 Å². The Morgan fingerprint density at radius 1 is 1.28 bits per heavy atom. The van der Waals surface area contributed by atoms with Crippen molar-refractivity contribution in [3.05, 3.63) is 23.2 Å². The lowest BCUT2D eigenvalue weighted by molar-refractivity contribution is -0.0251. The summed E-state index contributed by atoms with van der Waals surface area (Å²) in [5.74, 6) is 1.13. The average molecular weight is 352 g/mol. The number of rotatable bonds is 7. The van der Waals surface area contributed by atoms with Crippen molar-refractivity contribution in [3.63, 3.8) is 0 Å². The number of aliphatic hydroxyl groups is 2. The summed E-state index contributed by atoms with van der Waals surface area (Å²) in [5, 5.41) is 19.6. The first kappa shape index (κ1) is 19.9. The smallest absolute Gasteiger partial charge is 0.289 e. The van der Waals surface area contributed by atoms with E-state index in [0.717, 1.165) is 37.4 Å². The van der Waals surface area contributed by atoms with E-state index in [1.165, 1.54) is 0 Å². The van der Waals surface area contributed by atoms with Gasteiger partial charge in [0.15, 0.2) is 5.76 Å². The van der Waals surface area contributed by atoms with E-state index in [2.05, 4.69) is 18.7 Å². The van der Waals surface area contributed by atoms with E-state index in [9.17, 15) is 15.0 Å². The van der Waals surface area contributed by atoms with Crippen molar-refractivity contribution in [1.29, 1.82) is 0 Å². The van der Waals surface area contributed by atoms with E-state index >= 15 is 0 Å². The molecule has 0 radical (unpaired) electrons. The van der Waals surface area contributed by atoms with E-state index < -0.39 is 5.60 Å². The second-order valence-corrected chi connectivity index (χ2v) is 6.90. The molecule has 2 heterocycles. The van der Waals surface area contributed by atoms with E-state index in [4.69, 9.17) is 4.42 Å². The fraction of sp³-hybridized carbons (Fsp3) is 0.737. The van der Waals surface area contributed by atoms with Gasteiger partial charge in [-0.15, -0.1) is 0 Å². The van der Waals surface area contributed by atoms with Gasteiger partial charge >= 0.3 is 0 Å². The normalized spacial score (nSPS) is 21.6. The molecule has 0 spiro atoms. The number of hydrogen-bond donors (Lipinski definition) is 2. The summed E-state index contributed by atoms with van der Waals surface area (Å²) in [4.78, 5) is 16.9. The Hall–Kier alpha value is -1.37. The van der Waals surface area contributed by atoms with Gasteiger partial charge in [0.25, 0.3) is 5.91 Å². The highest BCUT2D eigenvalue weighted by Gasteiger charge is 2.32. The maximum absolute atomic E-state index is 12.8. The second kappa shape index (κ2) is 8.83. The van der Waals surface area contributed by atoms with Crippen LogP contribution in [0.3, 0.4) is 0 Å². The molecule has 1 fully saturated rings. The average Bonchev–Trinajstić information content (AvgIpc) is 2.93. The predicted octanol–water partition coefficient (Wildman–Crippen LogP) is 2.03. The first-order valence-corrected chi connectivity index (χ1v) is 9.42. The summed E-state index contributed by atoms with van der Waals surface area (Å²) in [6.45, 7) is 9.74.